The number of carboxylic acids is 1. The summed E-state index contributed by atoms with van der Waals surface area (Å²) < 4.78 is 5.55. The average Bonchev–Trinajstić information content (AvgIpc) is 2.93. The molecule has 0 amide bonds. The highest BCUT2D eigenvalue weighted by Gasteiger charge is 2.17. The maximum absolute atomic E-state index is 12.3. The predicted octanol–water partition coefficient (Wildman–Crippen LogP) is 11.9. The molecule has 1 N–H and O–H groups in total. The zero-order chi connectivity index (χ0) is 29.4. The third-order valence-corrected chi connectivity index (χ3v) is 7.97. The van der Waals surface area contributed by atoms with Gasteiger partial charge in [-0.1, -0.05) is 161 Å². The van der Waals surface area contributed by atoms with E-state index in [-0.39, 0.29) is 12.4 Å². The lowest BCUT2D eigenvalue weighted by molar-refractivity contribution is -0.153. The van der Waals surface area contributed by atoms with Crippen LogP contribution in [0.5, 0.6) is 0 Å². The Hall–Kier alpha value is -1.32. The number of carboxylic acid groups (broad SMARTS) is 1. The van der Waals surface area contributed by atoms with E-state index in [9.17, 15) is 14.7 Å². The second kappa shape index (κ2) is 32.2. The number of hydrogen-bond acceptors (Lipinski definition) is 3. The minimum atomic E-state index is -0.881. The summed E-state index contributed by atoms with van der Waals surface area (Å²) in [6.07, 6.45) is 38.0. The van der Waals surface area contributed by atoms with Crippen molar-refractivity contribution >= 4 is 11.9 Å². The van der Waals surface area contributed by atoms with Crippen LogP contribution in [0, 0.1) is 0 Å². The number of unbranched alkanes of at least 4 members (excludes halogenated alkanes) is 23. The molecule has 4 heteroatoms. The summed E-state index contributed by atoms with van der Waals surface area (Å²) in [6, 6.07) is 0. The quantitative estimate of drug-likeness (QED) is 0.0501. The van der Waals surface area contributed by atoms with Crippen molar-refractivity contribution in [2.75, 3.05) is 0 Å². The Morgan fingerprint density at radius 3 is 1.43 bits per heavy atom. The first kappa shape index (κ1) is 38.7. The van der Waals surface area contributed by atoms with Crippen LogP contribution in [0.25, 0.3) is 0 Å². The van der Waals surface area contributed by atoms with Crippen molar-refractivity contribution in [1.82, 2.24) is 0 Å². The smallest absolute Gasteiger partial charge is 0.307 e. The minimum absolute atomic E-state index is 0.0730. The Morgan fingerprint density at radius 2 is 0.950 bits per heavy atom. The highest BCUT2D eigenvalue weighted by molar-refractivity contribution is 5.71. The van der Waals surface area contributed by atoms with E-state index < -0.39 is 12.1 Å². The molecule has 0 aliphatic carbocycles. The van der Waals surface area contributed by atoms with E-state index in [4.69, 9.17) is 4.74 Å². The number of ether oxygens (including phenoxy) is 1. The van der Waals surface area contributed by atoms with Gasteiger partial charge in [-0.3, -0.25) is 9.59 Å². The van der Waals surface area contributed by atoms with E-state index in [1.54, 1.807) is 0 Å². The van der Waals surface area contributed by atoms with Crippen molar-refractivity contribution in [2.24, 2.45) is 0 Å². The fourth-order valence-corrected chi connectivity index (χ4v) is 5.36. The van der Waals surface area contributed by atoms with E-state index in [1.165, 1.54) is 128 Å². The van der Waals surface area contributed by atoms with Gasteiger partial charge in [-0.15, -0.1) is 0 Å². The number of esters is 1. The van der Waals surface area contributed by atoms with Gasteiger partial charge >= 0.3 is 11.9 Å². The Morgan fingerprint density at radius 1 is 0.550 bits per heavy atom. The van der Waals surface area contributed by atoms with Crippen molar-refractivity contribution in [3.05, 3.63) is 12.2 Å². The molecule has 0 rings (SSSR count). The number of rotatable bonds is 32. The minimum Gasteiger partial charge on any atom is -0.481 e. The van der Waals surface area contributed by atoms with Gasteiger partial charge in [0.05, 0.1) is 6.42 Å². The van der Waals surface area contributed by atoms with Crippen molar-refractivity contribution in [3.8, 4) is 0 Å². The summed E-state index contributed by atoms with van der Waals surface area (Å²) in [7, 11) is 0. The number of hydrogen-bond donors (Lipinski definition) is 1. The molecule has 0 bridgehead atoms. The SMILES string of the molecule is CCCC/C=C\CCCCCCCC(=O)OC(CCCCCCCCCCCCCCCCCCC)CC(=O)O. The van der Waals surface area contributed by atoms with Crippen LogP contribution in [0.1, 0.15) is 200 Å². The highest BCUT2D eigenvalue weighted by Crippen LogP contribution is 2.17. The van der Waals surface area contributed by atoms with Gasteiger partial charge in [0.25, 0.3) is 0 Å². The molecule has 0 fully saturated rings. The molecule has 0 heterocycles. The second-order valence-electron chi connectivity index (χ2n) is 12.1. The van der Waals surface area contributed by atoms with Gasteiger partial charge in [-0.2, -0.15) is 0 Å². The van der Waals surface area contributed by atoms with Crippen LogP contribution in [0.4, 0.5) is 0 Å². The number of carbonyl (C=O) groups is 2. The molecule has 0 aromatic carbocycles. The predicted molar refractivity (Wildman–Crippen MR) is 172 cm³/mol. The van der Waals surface area contributed by atoms with Crippen molar-refractivity contribution in [3.63, 3.8) is 0 Å². The third-order valence-electron chi connectivity index (χ3n) is 7.97. The van der Waals surface area contributed by atoms with Crippen LogP contribution in [0.15, 0.2) is 12.2 Å². The molecule has 40 heavy (non-hydrogen) atoms. The van der Waals surface area contributed by atoms with Crippen molar-refractivity contribution < 1.29 is 19.4 Å². The van der Waals surface area contributed by atoms with Crippen molar-refractivity contribution in [2.45, 2.75) is 206 Å². The summed E-state index contributed by atoms with van der Waals surface area (Å²) in [5.74, 6) is -1.11. The van der Waals surface area contributed by atoms with Crippen LogP contribution in [-0.4, -0.2) is 23.1 Å². The monoisotopic (exact) mass is 565 g/mol. The van der Waals surface area contributed by atoms with E-state index in [0.29, 0.717) is 12.8 Å². The fraction of sp³-hybridized carbons (Fsp3) is 0.889. The lowest BCUT2D eigenvalue weighted by Crippen LogP contribution is -2.21. The lowest BCUT2D eigenvalue weighted by atomic mass is 10.0. The molecular formula is C36H68O4. The largest absolute Gasteiger partial charge is 0.481 e. The molecule has 0 saturated heterocycles. The van der Waals surface area contributed by atoms with Gasteiger partial charge in [0.1, 0.15) is 6.10 Å². The first-order chi connectivity index (χ1) is 19.6. The van der Waals surface area contributed by atoms with Gasteiger partial charge in [0, 0.05) is 6.42 Å². The standard InChI is InChI=1S/C36H68O4/c1-3-5-7-9-11-13-15-16-17-18-19-20-22-23-25-27-29-31-34(33-35(37)38)40-36(39)32-30-28-26-24-21-14-12-10-8-6-4-2/h10,12,34H,3-9,11,13-33H2,1-2H3,(H,37,38)/b12-10-. The van der Waals surface area contributed by atoms with Gasteiger partial charge in [-0.25, -0.2) is 0 Å². The highest BCUT2D eigenvalue weighted by atomic mass is 16.5. The van der Waals surface area contributed by atoms with E-state index >= 15 is 0 Å². The summed E-state index contributed by atoms with van der Waals surface area (Å²) >= 11 is 0. The van der Waals surface area contributed by atoms with Crippen LogP contribution < -0.4 is 0 Å². The Bertz CT molecular complexity index is 571. The number of carbonyl (C=O) groups excluding carboxylic acids is 1. The molecular weight excluding hydrogens is 496 g/mol. The summed E-state index contributed by atoms with van der Waals surface area (Å²) in [5, 5.41) is 9.22. The van der Waals surface area contributed by atoms with E-state index in [1.807, 2.05) is 0 Å². The fourth-order valence-electron chi connectivity index (χ4n) is 5.36. The van der Waals surface area contributed by atoms with E-state index in [0.717, 1.165) is 38.5 Å². The zero-order valence-electron chi connectivity index (χ0n) is 26.9. The number of allylic oxidation sites excluding steroid dienone is 2. The normalized spacial score (nSPS) is 12.2. The number of aliphatic carboxylic acids is 1. The first-order valence-corrected chi connectivity index (χ1v) is 17.7. The van der Waals surface area contributed by atoms with Crippen LogP contribution in [0.3, 0.4) is 0 Å². The molecule has 1 unspecified atom stereocenters. The van der Waals surface area contributed by atoms with Gasteiger partial charge < -0.3 is 9.84 Å². The summed E-state index contributed by atoms with van der Waals surface area (Å²) in [5.41, 5.74) is 0. The van der Waals surface area contributed by atoms with Crippen LogP contribution in [0.2, 0.25) is 0 Å². The average molecular weight is 565 g/mol. The third kappa shape index (κ3) is 31.2. The Kier molecular flexibility index (Phi) is 31.1. The second-order valence-corrected chi connectivity index (χ2v) is 12.1. The van der Waals surface area contributed by atoms with Gasteiger partial charge in [0.15, 0.2) is 0 Å². The molecule has 0 aromatic rings. The molecule has 0 aliphatic heterocycles. The Labute approximate surface area is 249 Å². The van der Waals surface area contributed by atoms with Crippen molar-refractivity contribution in [1.29, 1.82) is 0 Å². The molecule has 4 nitrogen and oxygen atoms in total. The lowest BCUT2D eigenvalue weighted by Gasteiger charge is -2.16. The van der Waals surface area contributed by atoms with Gasteiger partial charge in [0.2, 0.25) is 0 Å². The summed E-state index contributed by atoms with van der Waals surface area (Å²) in [4.78, 5) is 23.5. The van der Waals surface area contributed by atoms with Gasteiger partial charge in [-0.05, 0) is 38.5 Å². The van der Waals surface area contributed by atoms with Crippen LogP contribution in [-0.2, 0) is 14.3 Å². The molecule has 0 radical (unpaired) electrons. The molecule has 0 aliphatic rings. The maximum Gasteiger partial charge on any atom is 0.307 e. The molecule has 236 valence electrons. The summed E-state index contributed by atoms with van der Waals surface area (Å²) in [6.45, 7) is 4.50. The van der Waals surface area contributed by atoms with E-state index in [2.05, 4.69) is 26.0 Å². The van der Waals surface area contributed by atoms with Crippen LogP contribution >= 0.6 is 0 Å². The molecule has 0 saturated carbocycles. The Balaban J connectivity index is 3.64. The maximum atomic E-state index is 12.3. The molecule has 0 aromatic heterocycles. The molecule has 0 spiro atoms. The molecule has 1 atom stereocenters. The first-order valence-electron chi connectivity index (χ1n) is 17.7. The topological polar surface area (TPSA) is 63.6 Å². The zero-order valence-corrected chi connectivity index (χ0v) is 26.9.